The lowest BCUT2D eigenvalue weighted by Crippen LogP contribution is -2.13. The highest BCUT2D eigenvalue weighted by atomic mass is 14.3. The standard InChI is InChI=1S/C30H34/c1-3-5-6-24-10-15-27(16-11-24)28-17-12-25(13-18-28)7-8-26-14-20-29-21-23(4-2)9-19-30(29)22-26/h9,12-14,17-22,24,27H,3-6,10-11,15-16H2,1-2H3/t24-,27-. The smallest absolute Gasteiger partial charge is 0.0255 e. The summed E-state index contributed by atoms with van der Waals surface area (Å²) in [5, 5.41) is 2.57. The van der Waals surface area contributed by atoms with E-state index in [2.05, 4.69) is 86.4 Å². The monoisotopic (exact) mass is 394 g/mol. The maximum absolute atomic E-state index is 3.36. The van der Waals surface area contributed by atoms with Gasteiger partial charge in [-0.25, -0.2) is 0 Å². The predicted octanol–water partition coefficient (Wildman–Crippen LogP) is 8.27. The fraction of sp³-hybridized carbons (Fsp3) is 0.400. The first-order valence-electron chi connectivity index (χ1n) is 11.9. The Kier molecular flexibility index (Phi) is 6.91. The number of benzene rings is 3. The molecule has 0 nitrogen and oxygen atoms in total. The lowest BCUT2D eigenvalue weighted by molar-refractivity contribution is 0.304. The Morgan fingerprint density at radius 1 is 0.733 bits per heavy atom. The molecule has 3 aromatic carbocycles. The van der Waals surface area contributed by atoms with E-state index in [1.807, 2.05) is 0 Å². The molecule has 0 spiro atoms. The SMILES string of the molecule is CCCC[C@H]1CC[C@H](c2ccc(C#Cc3ccc4cc(CC)ccc4c3)cc2)CC1. The van der Waals surface area contributed by atoms with Crippen LogP contribution in [0.4, 0.5) is 0 Å². The normalized spacial score (nSPS) is 18.7. The molecule has 1 saturated carbocycles. The first-order valence-corrected chi connectivity index (χ1v) is 11.9. The van der Waals surface area contributed by atoms with Gasteiger partial charge in [-0.2, -0.15) is 0 Å². The average Bonchev–Trinajstić information content (AvgIpc) is 2.81. The molecule has 0 heterocycles. The molecule has 0 saturated heterocycles. The number of fused-ring (bicyclic) bond motifs is 1. The molecule has 0 heteroatoms. The van der Waals surface area contributed by atoms with Crippen LogP contribution in [0, 0.1) is 17.8 Å². The van der Waals surface area contributed by atoms with Gasteiger partial charge in [-0.15, -0.1) is 0 Å². The lowest BCUT2D eigenvalue weighted by Gasteiger charge is -2.28. The largest absolute Gasteiger partial charge is 0.0654 e. The van der Waals surface area contributed by atoms with E-state index in [9.17, 15) is 0 Å². The molecule has 0 unspecified atom stereocenters. The summed E-state index contributed by atoms with van der Waals surface area (Å²) in [5.74, 6) is 8.44. The number of aryl methyl sites for hydroxylation is 1. The number of unbranched alkanes of at least 4 members (excludes halogenated alkanes) is 1. The van der Waals surface area contributed by atoms with Gasteiger partial charge in [-0.1, -0.05) is 81.3 Å². The second-order valence-corrected chi connectivity index (χ2v) is 8.98. The van der Waals surface area contributed by atoms with E-state index >= 15 is 0 Å². The van der Waals surface area contributed by atoms with Gasteiger partial charge in [0.25, 0.3) is 0 Å². The van der Waals surface area contributed by atoms with Crippen LogP contribution < -0.4 is 0 Å². The molecule has 1 aliphatic rings. The van der Waals surface area contributed by atoms with Crippen LogP contribution in [0.1, 0.15) is 87.0 Å². The van der Waals surface area contributed by atoms with Crippen LogP contribution in [-0.2, 0) is 6.42 Å². The molecule has 4 rings (SSSR count). The van der Waals surface area contributed by atoms with Crippen molar-refractivity contribution in [3.8, 4) is 11.8 Å². The van der Waals surface area contributed by atoms with Gasteiger partial charge in [0.1, 0.15) is 0 Å². The Morgan fingerprint density at radius 3 is 2.13 bits per heavy atom. The van der Waals surface area contributed by atoms with Crippen molar-refractivity contribution in [2.45, 2.75) is 71.1 Å². The number of rotatable bonds is 5. The Morgan fingerprint density at radius 2 is 1.40 bits per heavy atom. The zero-order chi connectivity index (χ0) is 20.8. The third kappa shape index (κ3) is 5.14. The second kappa shape index (κ2) is 9.99. The molecule has 1 fully saturated rings. The summed E-state index contributed by atoms with van der Waals surface area (Å²) >= 11 is 0. The minimum absolute atomic E-state index is 0.749. The van der Waals surface area contributed by atoms with E-state index in [1.165, 1.54) is 66.8 Å². The van der Waals surface area contributed by atoms with E-state index in [1.54, 1.807) is 0 Å². The molecule has 154 valence electrons. The van der Waals surface area contributed by atoms with E-state index in [0.717, 1.165) is 29.4 Å². The van der Waals surface area contributed by atoms with Gasteiger partial charge < -0.3 is 0 Å². The molecule has 1 aliphatic carbocycles. The topological polar surface area (TPSA) is 0 Å². The first-order chi connectivity index (χ1) is 14.7. The van der Waals surface area contributed by atoms with Crippen LogP contribution in [0.2, 0.25) is 0 Å². The fourth-order valence-electron chi connectivity index (χ4n) is 4.85. The quantitative estimate of drug-likeness (QED) is 0.382. The van der Waals surface area contributed by atoms with Gasteiger partial charge >= 0.3 is 0 Å². The number of hydrogen-bond acceptors (Lipinski definition) is 0. The van der Waals surface area contributed by atoms with Crippen LogP contribution in [-0.4, -0.2) is 0 Å². The summed E-state index contributed by atoms with van der Waals surface area (Å²) in [4.78, 5) is 0. The maximum Gasteiger partial charge on any atom is 0.0255 e. The summed E-state index contributed by atoms with van der Waals surface area (Å²) < 4.78 is 0. The van der Waals surface area contributed by atoms with Gasteiger partial charge in [0.2, 0.25) is 0 Å². The average molecular weight is 395 g/mol. The van der Waals surface area contributed by atoms with Gasteiger partial charge in [0.05, 0.1) is 0 Å². The molecule has 30 heavy (non-hydrogen) atoms. The summed E-state index contributed by atoms with van der Waals surface area (Å²) in [6, 6.07) is 22.3. The van der Waals surface area contributed by atoms with Crippen LogP contribution in [0.3, 0.4) is 0 Å². The fourth-order valence-corrected chi connectivity index (χ4v) is 4.85. The molecular weight excluding hydrogens is 360 g/mol. The van der Waals surface area contributed by atoms with Crippen molar-refractivity contribution in [1.29, 1.82) is 0 Å². The summed E-state index contributed by atoms with van der Waals surface area (Å²) in [5.41, 5.74) is 5.08. The summed E-state index contributed by atoms with van der Waals surface area (Å²) in [6.07, 6.45) is 10.8. The Hall–Kier alpha value is -2.52. The zero-order valence-electron chi connectivity index (χ0n) is 18.6. The van der Waals surface area contributed by atoms with Crippen molar-refractivity contribution < 1.29 is 0 Å². The van der Waals surface area contributed by atoms with E-state index in [4.69, 9.17) is 0 Å². The molecule has 0 radical (unpaired) electrons. The molecule has 0 aliphatic heterocycles. The zero-order valence-corrected chi connectivity index (χ0v) is 18.6. The third-order valence-corrected chi connectivity index (χ3v) is 6.86. The summed E-state index contributed by atoms with van der Waals surface area (Å²) in [6.45, 7) is 4.50. The predicted molar refractivity (Wildman–Crippen MR) is 130 cm³/mol. The molecular formula is C30H34. The van der Waals surface area contributed by atoms with Crippen LogP contribution in [0.25, 0.3) is 10.8 Å². The van der Waals surface area contributed by atoms with Crippen molar-refractivity contribution in [2.24, 2.45) is 5.92 Å². The Labute approximate surface area is 182 Å². The highest BCUT2D eigenvalue weighted by Crippen LogP contribution is 2.37. The summed E-state index contributed by atoms with van der Waals surface area (Å²) in [7, 11) is 0. The van der Waals surface area contributed by atoms with Crippen molar-refractivity contribution >= 4 is 10.8 Å². The van der Waals surface area contributed by atoms with Crippen molar-refractivity contribution in [3.05, 3.63) is 82.9 Å². The minimum atomic E-state index is 0.749. The molecule has 0 N–H and O–H groups in total. The van der Waals surface area contributed by atoms with E-state index < -0.39 is 0 Å². The second-order valence-electron chi connectivity index (χ2n) is 8.98. The van der Waals surface area contributed by atoms with Gasteiger partial charge in [0, 0.05) is 11.1 Å². The lowest BCUT2D eigenvalue weighted by atomic mass is 9.77. The van der Waals surface area contributed by atoms with Crippen molar-refractivity contribution in [2.75, 3.05) is 0 Å². The van der Waals surface area contributed by atoms with Gasteiger partial charge in [0.15, 0.2) is 0 Å². The third-order valence-electron chi connectivity index (χ3n) is 6.86. The molecule has 0 atom stereocenters. The Bertz CT molecular complexity index is 1020. The highest BCUT2D eigenvalue weighted by molar-refractivity contribution is 5.84. The van der Waals surface area contributed by atoms with Gasteiger partial charge in [-0.3, -0.25) is 0 Å². The molecule has 0 bridgehead atoms. The van der Waals surface area contributed by atoms with E-state index in [-0.39, 0.29) is 0 Å². The van der Waals surface area contributed by atoms with Crippen LogP contribution in [0.5, 0.6) is 0 Å². The molecule has 3 aromatic rings. The first kappa shape index (κ1) is 20.7. The van der Waals surface area contributed by atoms with Crippen molar-refractivity contribution in [3.63, 3.8) is 0 Å². The highest BCUT2D eigenvalue weighted by Gasteiger charge is 2.21. The number of hydrogen-bond donors (Lipinski definition) is 0. The Balaban J connectivity index is 1.40. The molecule has 0 amide bonds. The van der Waals surface area contributed by atoms with E-state index in [0.29, 0.717) is 0 Å². The minimum Gasteiger partial charge on any atom is -0.0654 e. The van der Waals surface area contributed by atoms with Crippen LogP contribution >= 0.6 is 0 Å². The van der Waals surface area contributed by atoms with Crippen molar-refractivity contribution in [1.82, 2.24) is 0 Å². The van der Waals surface area contributed by atoms with Crippen LogP contribution in [0.15, 0.2) is 60.7 Å². The molecule has 0 aromatic heterocycles. The van der Waals surface area contributed by atoms with Gasteiger partial charge in [-0.05, 0) is 90.1 Å². The maximum atomic E-state index is 3.36.